The standard InChI is InChI=1S/C23H22Cl3N3O4/c1-12-6-18(32)19-21(17(26)9-28-22(19)33-11-14(31)10-30)29(12)20-15(24)7-13(8-16(20)25)4-5-23(2,3)27/h6-9,14,30-31H,10-11,27H2,1-3H3. The molecule has 4 N–H and O–H groups in total. The van der Waals surface area contributed by atoms with Gasteiger partial charge in [-0.15, -0.1) is 0 Å². The zero-order valence-corrected chi connectivity index (χ0v) is 20.4. The summed E-state index contributed by atoms with van der Waals surface area (Å²) in [6, 6.07) is 4.68. The van der Waals surface area contributed by atoms with E-state index in [4.69, 9.17) is 50.4 Å². The minimum Gasteiger partial charge on any atom is -0.474 e. The fraction of sp³-hybridized carbons (Fsp3) is 0.304. The van der Waals surface area contributed by atoms with E-state index in [2.05, 4.69) is 16.8 Å². The van der Waals surface area contributed by atoms with Crippen molar-refractivity contribution in [3.8, 4) is 23.4 Å². The third-order valence-electron chi connectivity index (χ3n) is 4.53. The van der Waals surface area contributed by atoms with Crippen LogP contribution in [0, 0.1) is 18.8 Å². The number of hydrogen-bond donors (Lipinski definition) is 3. The number of aryl methyl sites for hydroxylation is 1. The molecule has 0 aliphatic heterocycles. The quantitative estimate of drug-likeness (QED) is 0.453. The van der Waals surface area contributed by atoms with E-state index in [1.807, 2.05) is 0 Å². The fourth-order valence-corrected chi connectivity index (χ4v) is 4.00. The summed E-state index contributed by atoms with van der Waals surface area (Å²) in [4.78, 5) is 17.0. The lowest BCUT2D eigenvalue weighted by atomic mass is 10.1. The highest BCUT2D eigenvalue weighted by Gasteiger charge is 2.21. The molecule has 174 valence electrons. The van der Waals surface area contributed by atoms with Gasteiger partial charge >= 0.3 is 0 Å². The smallest absolute Gasteiger partial charge is 0.227 e. The van der Waals surface area contributed by atoms with Crippen LogP contribution in [0.4, 0.5) is 0 Å². The lowest BCUT2D eigenvalue weighted by Crippen LogP contribution is -2.29. The van der Waals surface area contributed by atoms with E-state index in [0.29, 0.717) is 16.9 Å². The second kappa shape index (κ2) is 9.90. The number of nitrogens with two attached hydrogens (primary N) is 1. The maximum Gasteiger partial charge on any atom is 0.227 e. The first-order valence-electron chi connectivity index (χ1n) is 9.87. The summed E-state index contributed by atoms with van der Waals surface area (Å²) >= 11 is 19.7. The Morgan fingerprint density at radius 2 is 1.85 bits per heavy atom. The number of nitrogens with zero attached hydrogens (tertiary/aromatic N) is 2. The Labute approximate surface area is 205 Å². The number of aliphatic hydroxyl groups excluding tert-OH is 2. The molecule has 33 heavy (non-hydrogen) atoms. The Hall–Kier alpha value is -2.31. The fourth-order valence-electron chi connectivity index (χ4n) is 3.12. The van der Waals surface area contributed by atoms with Crippen LogP contribution in [0.1, 0.15) is 25.1 Å². The first-order chi connectivity index (χ1) is 15.4. The molecule has 0 saturated carbocycles. The van der Waals surface area contributed by atoms with Crippen LogP contribution in [0.5, 0.6) is 5.88 Å². The summed E-state index contributed by atoms with van der Waals surface area (Å²) in [6.45, 7) is 4.51. The normalized spacial score (nSPS) is 12.4. The molecule has 0 aliphatic carbocycles. The van der Waals surface area contributed by atoms with Crippen LogP contribution in [0.15, 0.2) is 29.2 Å². The minimum absolute atomic E-state index is 0.0411. The van der Waals surface area contributed by atoms with Crippen molar-refractivity contribution >= 4 is 45.7 Å². The summed E-state index contributed by atoms with van der Waals surface area (Å²) in [5, 5.41) is 19.5. The van der Waals surface area contributed by atoms with Gasteiger partial charge in [0.15, 0.2) is 5.43 Å². The van der Waals surface area contributed by atoms with Gasteiger partial charge in [0.05, 0.1) is 44.6 Å². The second-order valence-electron chi connectivity index (χ2n) is 8.03. The van der Waals surface area contributed by atoms with Crippen molar-refractivity contribution in [1.29, 1.82) is 0 Å². The Morgan fingerprint density at radius 1 is 1.21 bits per heavy atom. The van der Waals surface area contributed by atoms with Crippen LogP contribution in [0.25, 0.3) is 16.6 Å². The lowest BCUT2D eigenvalue weighted by Gasteiger charge is -2.20. The van der Waals surface area contributed by atoms with E-state index in [-0.39, 0.29) is 43.9 Å². The zero-order valence-electron chi connectivity index (χ0n) is 18.1. The van der Waals surface area contributed by atoms with E-state index in [9.17, 15) is 9.90 Å². The van der Waals surface area contributed by atoms with E-state index in [1.54, 1.807) is 37.5 Å². The number of benzene rings is 1. The Kier molecular flexibility index (Phi) is 7.59. The number of fused-ring (bicyclic) bond motifs is 1. The Balaban J connectivity index is 2.28. The Morgan fingerprint density at radius 3 is 2.42 bits per heavy atom. The molecule has 1 unspecified atom stereocenters. The summed E-state index contributed by atoms with van der Waals surface area (Å²) < 4.78 is 7.14. The van der Waals surface area contributed by atoms with Crippen molar-refractivity contribution in [3.63, 3.8) is 0 Å². The first kappa shape index (κ1) is 25.3. The summed E-state index contributed by atoms with van der Waals surface area (Å²) in [6.07, 6.45) is 0.187. The largest absolute Gasteiger partial charge is 0.474 e. The summed E-state index contributed by atoms with van der Waals surface area (Å²) in [5.41, 5.74) is 6.63. The molecule has 3 rings (SSSR count). The van der Waals surface area contributed by atoms with Crippen LogP contribution >= 0.6 is 34.8 Å². The highest BCUT2D eigenvalue weighted by atomic mass is 35.5. The van der Waals surface area contributed by atoms with Crippen molar-refractivity contribution < 1.29 is 14.9 Å². The number of ether oxygens (including phenoxy) is 1. The molecule has 0 amide bonds. The van der Waals surface area contributed by atoms with Crippen molar-refractivity contribution in [2.75, 3.05) is 13.2 Å². The molecule has 0 spiro atoms. The number of rotatable bonds is 5. The van der Waals surface area contributed by atoms with Gasteiger partial charge in [-0.3, -0.25) is 4.79 Å². The molecule has 0 aliphatic rings. The first-order valence-corrected chi connectivity index (χ1v) is 11.0. The molecule has 0 radical (unpaired) electrons. The molecule has 10 heteroatoms. The zero-order chi connectivity index (χ0) is 24.5. The van der Waals surface area contributed by atoms with E-state index >= 15 is 0 Å². The van der Waals surface area contributed by atoms with Crippen molar-refractivity contribution in [2.45, 2.75) is 32.4 Å². The van der Waals surface area contributed by atoms with Crippen molar-refractivity contribution in [3.05, 3.63) is 60.9 Å². The molecular formula is C23H22Cl3N3O4. The van der Waals surface area contributed by atoms with Crippen molar-refractivity contribution in [2.24, 2.45) is 5.73 Å². The maximum absolute atomic E-state index is 12.9. The monoisotopic (exact) mass is 509 g/mol. The molecule has 7 nitrogen and oxygen atoms in total. The number of hydrogen-bond acceptors (Lipinski definition) is 6. The van der Waals surface area contributed by atoms with Gasteiger partial charge in [0.25, 0.3) is 0 Å². The molecule has 3 aromatic rings. The SMILES string of the molecule is Cc1cc(=O)c2c(OCC(O)CO)ncc(Cl)c2n1-c1c(Cl)cc(C#CC(C)(C)N)cc1Cl. The molecule has 2 heterocycles. The molecule has 0 bridgehead atoms. The Bertz CT molecular complexity index is 1310. The predicted octanol–water partition coefficient (Wildman–Crippen LogP) is 3.48. The highest BCUT2D eigenvalue weighted by Crippen LogP contribution is 2.36. The summed E-state index contributed by atoms with van der Waals surface area (Å²) in [5.74, 6) is 5.84. The van der Waals surface area contributed by atoms with Gasteiger partial charge in [-0.05, 0) is 32.9 Å². The van der Waals surface area contributed by atoms with Crippen LogP contribution in [0.2, 0.25) is 15.1 Å². The van der Waals surface area contributed by atoms with Gasteiger partial charge in [0.1, 0.15) is 18.1 Å². The van der Waals surface area contributed by atoms with Crippen LogP contribution in [0.3, 0.4) is 0 Å². The predicted molar refractivity (Wildman–Crippen MR) is 131 cm³/mol. The van der Waals surface area contributed by atoms with Crippen LogP contribution in [-0.2, 0) is 0 Å². The van der Waals surface area contributed by atoms with Gasteiger partial charge in [-0.2, -0.15) is 0 Å². The van der Waals surface area contributed by atoms with E-state index < -0.39 is 18.2 Å². The molecule has 1 aromatic carbocycles. The molecule has 2 aromatic heterocycles. The lowest BCUT2D eigenvalue weighted by molar-refractivity contribution is 0.0526. The van der Waals surface area contributed by atoms with Gasteiger partial charge in [0.2, 0.25) is 5.88 Å². The van der Waals surface area contributed by atoms with Crippen LogP contribution < -0.4 is 15.9 Å². The van der Waals surface area contributed by atoms with E-state index in [1.165, 1.54) is 12.3 Å². The number of pyridine rings is 2. The second-order valence-corrected chi connectivity index (χ2v) is 9.25. The van der Waals surface area contributed by atoms with E-state index in [0.717, 1.165) is 0 Å². The minimum atomic E-state index is -1.14. The van der Waals surface area contributed by atoms with Gasteiger partial charge in [-0.25, -0.2) is 4.98 Å². The average molecular weight is 511 g/mol. The molecule has 0 fully saturated rings. The topological polar surface area (TPSA) is 111 Å². The van der Waals surface area contributed by atoms with Gasteiger partial charge in [0, 0.05) is 17.3 Å². The summed E-state index contributed by atoms with van der Waals surface area (Å²) in [7, 11) is 0. The average Bonchev–Trinajstić information content (AvgIpc) is 2.72. The highest BCUT2D eigenvalue weighted by molar-refractivity contribution is 6.38. The third-order valence-corrected chi connectivity index (χ3v) is 5.38. The molecular weight excluding hydrogens is 489 g/mol. The maximum atomic E-state index is 12.9. The number of aromatic nitrogens is 2. The molecule has 1 atom stereocenters. The van der Waals surface area contributed by atoms with Gasteiger partial charge in [-0.1, -0.05) is 46.6 Å². The number of halogens is 3. The van der Waals surface area contributed by atoms with Crippen molar-refractivity contribution in [1.82, 2.24) is 9.55 Å². The van der Waals surface area contributed by atoms with Gasteiger partial charge < -0.3 is 25.3 Å². The number of aliphatic hydroxyl groups is 2. The third kappa shape index (κ3) is 5.61. The van der Waals surface area contributed by atoms with Crippen LogP contribution in [-0.4, -0.2) is 44.6 Å². The molecule has 0 saturated heterocycles.